The second-order valence-electron chi connectivity index (χ2n) is 9.47. The Hall–Kier alpha value is -3.17. The highest BCUT2D eigenvalue weighted by molar-refractivity contribution is 7.90. The van der Waals surface area contributed by atoms with Crippen LogP contribution < -0.4 is 5.32 Å². The summed E-state index contributed by atoms with van der Waals surface area (Å²) in [6.45, 7) is 5.50. The molecule has 3 aromatic rings. The van der Waals surface area contributed by atoms with E-state index in [-0.39, 0.29) is 35.6 Å². The lowest BCUT2D eigenvalue weighted by Crippen LogP contribution is -2.45. The van der Waals surface area contributed by atoms with Gasteiger partial charge in [0.15, 0.2) is 0 Å². The molecule has 36 heavy (non-hydrogen) atoms. The number of carbonyl (C=O) groups excluding carboxylic acids is 1. The Balaban J connectivity index is 1.67. The predicted molar refractivity (Wildman–Crippen MR) is 138 cm³/mol. The van der Waals surface area contributed by atoms with E-state index in [1.165, 1.54) is 0 Å². The zero-order valence-corrected chi connectivity index (χ0v) is 21.7. The smallest absolute Gasteiger partial charge is 0.318 e. The Kier molecular flexibility index (Phi) is 8.43. The Morgan fingerprint density at radius 2 is 1.78 bits per heavy atom. The highest BCUT2D eigenvalue weighted by atomic mass is 32.2. The lowest BCUT2D eigenvalue weighted by molar-refractivity contribution is 0.0785. The molecular formula is C27H34N4O4S. The first kappa shape index (κ1) is 25.9. The molecule has 1 atom stereocenters. The number of urea groups is 1. The molecule has 0 aliphatic carbocycles. The summed E-state index contributed by atoms with van der Waals surface area (Å²) < 4.78 is 34.5. The standard InChI is InChI=1S/C27H34N4O4S/c1-21(2)29-26(32)30(19-25-14-9-15-35-25)18-24-16-28-27(31(24)17-22-10-5-3-6-11-22)36(33,34)20-23-12-7-4-8-13-23/h3-8,10-13,16,21,25H,9,14-15,17-20H2,1-2H3,(H,29,32)/t25-/m1/s1. The fourth-order valence-corrected chi connectivity index (χ4v) is 5.84. The fraction of sp³-hybridized carbons (Fsp3) is 0.407. The molecule has 4 rings (SSSR count). The zero-order valence-electron chi connectivity index (χ0n) is 20.8. The molecule has 1 aliphatic heterocycles. The molecule has 8 nitrogen and oxygen atoms in total. The van der Waals surface area contributed by atoms with Gasteiger partial charge < -0.3 is 19.5 Å². The van der Waals surface area contributed by atoms with Crippen molar-refractivity contribution in [2.75, 3.05) is 13.2 Å². The number of nitrogens with one attached hydrogen (secondary N) is 1. The molecule has 1 fully saturated rings. The van der Waals surface area contributed by atoms with Gasteiger partial charge in [-0.2, -0.15) is 0 Å². The number of hydrogen-bond donors (Lipinski definition) is 1. The van der Waals surface area contributed by atoms with Crippen LogP contribution in [-0.2, 0) is 33.4 Å². The monoisotopic (exact) mass is 510 g/mol. The summed E-state index contributed by atoms with van der Waals surface area (Å²) in [6.07, 6.45) is 3.41. The number of ether oxygens (including phenoxy) is 1. The highest BCUT2D eigenvalue weighted by Gasteiger charge is 2.28. The van der Waals surface area contributed by atoms with Crippen molar-refractivity contribution in [3.63, 3.8) is 0 Å². The number of benzene rings is 2. The van der Waals surface area contributed by atoms with Gasteiger partial charge in [0, 0.05) is 19.2 Å². The van der Waals surface area contributed by atoms with Crippen LogP contribution in [0.3, 0.4) is 0 Å². The number of rotatable bonds is 10. The molecule has 0 radical (unpaired) electrons. The lowest BCUT2D eigenvalue weighted by atomic mass is 10.2. The third-order valence-corrected chi connectivity index (χ3v) is 7.66. The van der Waals surface area contributed by atoms with E-state index in [9.17, 15) is 13.2 Å². The normalized spacial score (nSPS) is 15.8. The van der Waals surface area contributed by atoms with Crippen LogP contribution >= 0.6 is 0 Å². The predicted octanol–water partition coefficient (Wildman–Crippen LogP) is 4.00. The molecule has 0 spiro atoms. The van der Waals surface area contributed by atoms with Crippen LogP contribution in [0.4, 0.5) is 4.79 Å². The second kappa shape index (κ2) is 11.7. The molecule has 1 saturated heterocycles. The minimum absolute atomic E-state index is 0.00606. The van der Waals surface area contributed by atoms with Gasteiger partial charge in [0.2, 0.25) is 15.0 Å². The molecular weight excluding hydrogens is 476 g/mol. The molecule has 2 heterocycles. The summed E-state index contributed by atoms with van der Waals surface area (Å²) in [5, 5.41) is 2.97. The highest BCUT2D eigenvalue weighted by Crippen LogP contribution is 2.22. The van der Waals surface area contributed by atoms with E-state index >= 15 is 0 Å². The second-order valence-corrected chi connectivity index (χ2v) is 11.4. The summed E-state index contributed by atoms with van der Waals surface area (Å²) in [4.78, 5) is 19.1. The lowest BCUT2D eigenvalue weighted by Gasteiger charge is -2.27. The van der Waals surface area contributed by atoms with Crippen LogP contribution in [0.15, 0.2) is 72.0 Å². The van der Waals surface area contributed by atoms with Crippen molar-refractivity contribution in [1.29, 1.82) is 0 Å². The van der Waals surface area contributed by atoms with Crippen molar-refractivity contribution in [1.82, 2.24) is 19.8 Å². The Bertz CT molecular complexity index is 1240. The first-order valence-electron chi connectivity index (χ1n) is 12.3. The molecule has 9 heteroatoms. The first-order valence-corrected chi connectivity index (χ1v) is 14.0. The molecule has 2 aromatic carbocycles. The minimum atomic E-state index is -3.73. The largest absolute Gasteiger partial charge is 0.376 e. The first-order chi connectivity index (χ1) is 17.3. The maximum absolute atomic E-state index is 13.5. The summed E-state index contributed by atoms with van der Waals surface area (Å²) in [7, 11) is -3.73. The van der Waals surface area contributed by atoms with E-state index < -0.39 is 9.84 Å². The number of nitrogens with zero attached hydrogens (tertiary/aromatic N) is 3. The Labute approximate surface area is 213 Å². The van der Waals surface area contributed by atoms with E-state index in [4.69, 9.17) is 4.74 Å². The van der Waals surface area contributed by atoms with Crippen LogP contribution in [-0.4, -0.2) is 54.2 Å². The molecule has 0 unspecified atom stereocenters. The quantitative estimate of drug-likeness (QED) is 0.445. The maximum atomic E-state index is 13.5. The summed E-state index contributed by atoms with van der Waals surface area (Å²) in [6, 6.07) is 18.5. The van der Waals surface area contributed by atoms with Gasteiger partial charge >= 0.3 is 6.03 Å². The van der Waals surface area contributed by atoms with Crippen molar-refractivity contribution in [3.05, 3.63) is 83.7 Å². The molecule has 0 saturated carbocycles. The van der Waals surface area contributed by atoms with Crippen molar-refractivity contribution >= 4 is 15.9 Å². The van der Waals surface area contributed by atoms with Crippen LogP contribution in [0.25, 0.3) is 0 Å². The average Bonchev–Trinajstić information content (AvgIpc) is 3.50. The van der Waals surface area contributed by atoms with Crippen LogP contribution in [0.2, 0.25) is 0 Å². The summed E-state index contributed by atoms with van der Waals surface area (Å²) in [5.41, 5.74) is 2.30. The van der Waals surface area contributed by atoms with Gasteiger partial charge in [-0.1, -0.05) is 60.7 Å². The molecule has 0 bridgehead atoms. The zero-order chi connectivity index (χ0) is 25.5. The number of hydrogen-bond acceptors (Lipinski definition) is 5. The van der Waals surface area contributed by atoms with Gasteiger partial charge in [-0.05, 0) is 37.8 Å². The summed E-state index contributed by atoms with van der Waals surface area (Å²) >= 11 is 0. The number of carbonyl (C=O) groups is 1. The summed E-state index contributed by atoms with van der Waals surface area (Å²) in [5.74, 6) is -0.146. The van der Waals surface area contributed by atoms with Gasteiger partial charge in [0.05, 0.1) is 36.8 Å². The molecule has 1 N–H and O–H groups in total. The molecule has 1 aliphatic rings. The van der Waals surface area contributed by atoms with E-state index in [0.29, 0.717) is 31.0 Å². The topological polar surface area (TPSA) is 93.5 Å². The van der Waals surface area contributed by atoms with E-state index in [1.807, 2.05) is 62.4 Å². The number of imidazole rings is 1. The number of amides is 2. The van der Waals surface area contributed by atoms with Crippen LogP contribution in [0, 0.1) is 0 Å². The Morgan fingerprint density at radius 3 is 2.39 bits per heavy atom. The SMILES string of the molecule is CC(C)NC(=O)N(Cc1cnc(S(=O)(=O)Cc2ccccc2)n1Cc1ccccc1)C[C@H]1CCCO1. The van der Waals surface area contributed by atoms with Crippen molar-refractivity contribution in [2.45, 2.75) is 62.8 Å². The van der Waals surface area contributed by atoms with Crippen molar-refractivity contribution < 1.29 is 17.9 Å². The van der Waals surface area contributed by atoms with E-state index in [1.54, 1.807) is 27.8 Å². The van der Waals surface area contributed by atoms with Gasteiger partial charge in [-0.3, -0.25) is 0 Å². The van der Waals surface area contributed by atoms with Crippen molar-refractivity contribution in [2.24, 2.45) is 0 Å². The van der Waals surface area contributed by atoms with E-state index in [2.05, 4.69) is 10.3 Å². The maximum Gasteiger partial charge on any atom is 0.318 e. The van der Waals surface area contributed by atoms with Gasteiger partial charge in [-0.15, -0.1) is 0 Å². The van der Waals surface area contributed by atoms with E-state index in [0.717, 1.165) is 18.4 Å². The van der Waals surface area contributed by atoms with Gasteiger partial charge in [0.1, 0.15) is 0 Å². The number of sulfone groups is 1. The van der Waals surface area contributed by atoms with Crippen LogP contribution in [0.1, 0.15) is 43.5 Å². The van der Waals surface area contributed by atoms with Gasteiger partial charge in [-0.25, -0.2) is 18.2 Å². The van der Waals surface area contributed by atoms with Gasteiger partial charge in [0.25, 0.3) is 0 Å². The Morgan fingerprint density at radius 1 is 1.11 bits per heavy atom. The third-order valence-electron chi connectivity index (χ3n) is 6.06. The third kappa shape index (κ3) is 6.73. The average molecular weight is 511 g/mol. The molecule has 1 aromatic heterocycles. The molecule has 2 amide bonds. The van der Waals surface area contributed by atoms with Crippen LogP contribution in [0.5, 0.6) is 0 Å². The molecule has 192 valence electrons. The number of aromatic nitrogens is 2. The van der Waals surface area contributed by atoms with Crippen molar-refractivity contribution in [3.8, 4) is 0 Å². The minimum Gasteiger partial charge on any atom is -0.376 e. The fourth-order valence-electron chi connectivity index (χ4n) is 4.35.